The fourth-order valence-electron chi connectivity index (χ4n) is 2.79. The van der Waals surface area contributed by atoms with Crippen molar-refractivity contribution in [3.8, 4) is 0 Å². The molecule has 3 rings (SSSR count). The predicted octanol–water partition coefficient (Wildman–Crippen LogP) is 2.75. The van der Waals surface area contributed by atoms with E-state index in [9.17, 15) is 14.7 Å². The summed E-state index contributed by atoms with van der Waals surface area (Å²) in [6.07, 6.45) is 4.65. The molecule has 4 N–H and O–H groups in total. The Balaban J connectivity index is 1.95. The minimum Gasteiger partial charge on any atom is -0.478 e. The van der Waals surface area contributed by atoms with Gasteiger partial charge in [-0.2, -0.15) is 0 Å². The Morgan fingerprint density at radius 2 is 1.83 bits per heavy atom. The summed E-state index contributed by atoms with van der Waals surface area (Å²) in [5.74, 6) is -1.59. The van der Waals surface area contributed by atoms with Gasteiger partial charge in [0.15, 0.2) is 0 Å². The van der Waals surface area contributed by atoms with Gasteiger partial charge in [-0.1, -0.05) is 36.4 Å². The fourth-order valence-corrected chi connectivity index (χ4v) is 2.79. The van der Waals surface area contributed by atoms with Gasteiger partial charge >= 0.3 is 5.97 Å². The quantitative estimate of drug-likeness (QED) is 0.760. The number of hydrogen-bond acceptors (Lipinski definition) is 3. The normalized spacial score (nSPS) is 15.8. The van der Waals surface area contributed by atoms with Crippen LogP contribution in [0.5, 0.6) is 0 Å². The zero-order valence-corrected chi connectivity index (χ0v) is 12.3. The number of amides is 1. The molecule has 5 nitrogen and oxygen atoms in total. The van der Waals surface area contributed by atoms with E-state index in [1.165, 1.54) is 12.1 Å². The Hall–Kier alpha value is -2.92. The molecule has 0 radical (unpaired) electrons. The summed E-state index contributed by atoms with van der Waals surface area (Å²) in [5, 5.41) is 12.0. The maximum absolute atomic E-state index is 12.5. The van der Waals surface area contributed by atoms with Gasteiger partial charge in [0.05, 0.1) is 17.2 Å². The molecule has 0 aromatic heterocycles. The van der Waals surface area contributed by atoms with Crippen LogP contribution < -0.4 is 11.1 Å². The first kappa shape index (κ1) is 15.0. The van der Waals surface area contributed by atoms with Crippen molar-refractivity contribution in [2.45, 2.75) is 12.5 Å². The first-order chi connectivity index (χ1) is 11.1. The van der Waals surface area contributed by atoms with Crippen molar-refractivity contribution in [3.63, 3.8) is 0 Å². The summed E-state index contributed by atoms with van der Waals surface area (Å²) in [7, 11) is 0. The Bertz CT molecular complexity index is 812. The van der Waals surface area contributed by atoms with Crippen molar-refractivity contribution in [1.82, 2.24) is 0 Å². The topological polar surface area (TPSA) is 92.4 Å². The van der Waals surface area contributed by atoms with Gasteiger partial charge in [-0.05, 0) is 35.7 Å². The maximum atomic E-state index is 12.5. The summed E-state index contributed by atoms with van der Waals surface area (Å²) in [4.78, 5) is 23.8. The van der Waals surface area contributed by atoms with Crippen molar-refractivity contribution in [3.05, 3.63) is 76.9 Å². The summed E-state index contributed by atoms with van der Waals surface area (Å²) in [6, 6.07) is 11.4. The van der Waals surface area contributed by atoms with Crippen molar-refractivity contribution in [2.24, 2.45) is 5.73 Å². The van der Waals surface area contributed by atoms with Crippen molar-refractivity contribution in [2.75, 3.05) is 5.32 Å². The molecule has 0 spiro atoms. The number of carbonyl (C=O) groups is 2. The van der Waals surface area contributed by atoms with Crippen molar-refractivity contribution < 1.29 is 14.7 Å². The molecule has 1 unspecified atom stereocenters. The number of carboxylic acids is 1. The Morgan fingerprint density at radius 3 is 2.57 bits per heavy atom. The second-order valence-electron chi connectivity index (χ2n) is 5.34. The molecule has 0 aliphatic heterocycles. The molecule has 0 saturated carbocycles. The second-order valence-corrected chi connectivity index (χ2v) is 5.34. The number of anilines is 1. The number of fused-ring (bicyclic) bond motifs is 1. The molecule has 1 amide bonds. The molecule has 0 saturated heterocycles. The molecule has 0 bridgehead atoms. The smallest absolute Gasteiger partial charge is 0.336 e. The van der Waals surface area contributed by atoms with Crippen LogP contribution in [-0.4, -0.2) is 17.0 Å². The molecular formula is C18H16N2O3. The number of hydrogen-bond donors (Lipinski definition) is 3. The number of nitrogens with one attached hydrogen (secondary N) is 1. The Labute approximate surface area is 133 Å². The molecule has 2 aromatic carbocycles. The van der Waals surface area contributed by atoms with Gasteiger partial charge in [-0.3, -0.25) is 4.79 Å². The second kappa shape index (κ2) is 6.06. The minimum atomic E-state index is -1.13. The van der Waals surface area contributed by atoms with E-state index >= 15 is 0 Å². The third kappa shape index (κ3) is 2.86. The molecule has 1 atom stereocenters. The van der Waals surface area contributed by atoms with E-state index in [1.807, 2.05) is 24.3 Å². The molecule has 0 heterocycles. The Kier molecular flexibility index (Phi) is 3.95. The molecule has 5 heteroatoms. The lowest BCUT2D eigenvalue weighted by atomic mass is 9.91. The van der Waals surface area contributed by atoms with E-state index < -0.39 is 11.9 Å². The fraction of sp³-hybridized carbons (Fsp3) is 0.111. The third-order valence-corrected chi connectivity index (χ3v) is 3.86. The molecule has 1 aliphatic rings. The van der Waals surface area contributed by atoms with Crippen molar-refractivity contribution in [1.29, 1.82) is 0 Å². The predicted molar refractivity (Wildman–Crippen MR) is 87.6 cm³/mol. The molecule has 1 aliphatic carbocycles. The van der Waals surface area contributed by atoms with E-state index in [0.29, 0.717) is 5.69 Å². The highest BCUT2D eigenvalue weighted by Gasteiger charge is 2.20. The van der Waals surface area contributed by atoms with Crippen LogP contribution in [0.4, 0.5) is 5.69 Å². The van der Waals surface area contributed by atoms with Crippen LogP contribution in [0.15, 0.2) is 54.6 Å². The van der Waals surface area contributed by atoms with E-state index in [-0.39, 0.29) is 17.2 Å². The third-order valence-electron chi connectivity index (χ3n) is 3.86. The molecular weight excluding hydrogens is 292 g/mol. The number of rotatable bonds is 3. The van der Waals surface area contributed by atoms with E-state index in [1.54, 1.807) is 18.2 Å². The highest BCUT2D eigenvalue weighted by Crippen LogP contribution is 2.30. The number of carbonyl (C=O) groups excluding carboxylic acids is 1. The first-order valence-electron chi connectivity index (χ1n) is 7.25. The Morgan fingerprint density at radius 1 is 1.09 bits per heavy atom. The van der Waals surface area contributed by atoms with Crippen molar-refractivity contribution >= 4 is 17.6 Å². The van der Waals surface area contributed by atoms with E-state index in [2.05, 4.69) is 5.32 Å². The molecule has 2 aromatic rings. The summed E-state index contributed by atoms with van der Waals surface area (Å²) < 4.78 is 0. The van der Waals surface area contributed by atoms with Crippen LogP contribution in [0, 0.1) is 0 Å². The molecule has 23 heavy (non-hydrogen) atoms. The lowest BCUT2D eigenvalue weighted by molar-refractivity contribution is 0.0692. The van der Waals surface area contributed by atoms with Crippen LogP contribution in [0.1, 0.15) is 37.9 Å². The average Bonchev–Trinajstić information content (AvgIpc) is 2.55. The lowest BCUT2D eigenvalue weighted by Crippen LogP contribution is -2.21. The summed E-state index contributed by atoms with van der Waals surface area (Å²) >= 11 is 0. The number of aromatic carboxylic acids is 1. The highest BCUT2D eigenvalue weighted by atomic mass is 16.4. The van der Waals surface area contributed by atoms with E-state index in [0.717, 1.165) is 17.5 Å². The van der Waals surface area contributed by atoms with Gasteiger partial charge in [0.25, 0.3) is 5.91 Å². The number of nitrogens with two attached hydrogens (primary N) is 1. The number of allylic oxidation sites excluding steroid dienone is 1. The van der Waals surface area contributed by atoms with Gasteiger partial charge in [-0.25, -0.2) is 4.79 Å². The highest BCUT2D eigenvalue weighted by molar-refractivity contribution is 6.11. The minimum absolute atomic E-state index is 0.0287. The zero-order valence-electron chi connectivity index (χ0n) is 12.3. The first-order valence-corrected chi connectivity index (χ1v) is 7.25. The SMILES string of the molecule is NC1C=CCc2cccc(NC(=O)c3ccccc3C(=O)O)c21. The van der Waals surface area contributed by atoms with Gasteiger partial charge in [0.1, 0.15) is 0 Å². The van der Waals surface area contributed by atoms with Crippen LogP contribution in [0.2, 0.25) is 0 Å². The van der Waals surface area contributed by atoms with Crippen LogP contribution in [0.25, 0.3) is 0 Å². The summed E-state index contributed by atoms with van der Waals surface area (Å²) in [6.45, 7) is 0. The summed E-state index contributed by atoms with van der Waals surface area (Å²) in [5.41, 5.74) is 8.75. The average molecular weight is 308 g/mol. The number of benzene rings is 2. The standard InChI is InChI=1S/C18H16N2O3/c19-14-9-3-5-11-6-4-10-15(16(11)14)20-17(21)12-7-1-2-8-13(12)18(22)23/h1-4,6-10,14H,5,19H2,(H,20,21)(H,22,23). The monoisotopic (exact) mass is 308 g/mol. The number of carboxylic acid groups (broad SMARTS) is 1. The van der Waals surface area contributed by atoms with Gasteiger partial charge in [0.2, 0.25) is 0 Å². The molecule has 116 valence electrons. The maximum Gasteiger partial charge on any atom is 0.336 e. The van der Waals surface area contributed by atoms with Crippen LogP contribution >= 0.6 is 0 Å². The zero-order chi connectivity index (χ0) is 16.4. The largest absolute Gasteiger partial charge is 0.478 e. The van der Waals surface area contributed by atoms with Crippen LogP contribution in [-0.2, 0) is 6.42 Å². The van der Waals surface area contributed by atoms with Gasteiger partial charge < -0.3 is 16.2 Å². The lowest BCUT2D eigenvalue weighted by Gasteiger charge is -2.21. The molecule has 0 fully saturated rings. The van der Waals surface area contributed by atoms with Crippen LogP contribution in [0.3, 0.4) is 0 Å². The van der Waals surface area contributed by atoms with E-state index in [4.69, 9.17) is 5.73 Å². The van der Waals surface area contributed by atoms with Gasteiger partial charge in [-0.15, -0.1) is 0 Å². The van der Waals surface area contributed by atoms with Gasteiger partial charge in [0, 0.05) is 5.69 Å².